The lowest BCUT2D eigenvalue weighted by atomic mass is 9.96. The van der Waals surface area contributed by atoms with Gasteiger partial charge in [-0.1, -0.05) is 78.9 Å². The van der Waals surface area contributed by atoms with Crippen molar-refractivity contribution in [2.75, 3.05) is 0 Å². The molecule has 0 spiro atoms. The van der Waals surface area contributed by atoms with Gasteiger partial charge in [0.1, 0.15) is 5.75 Å². The second-order valence-electron chi connectivity index (χ2n) is 5.65. The van der Waals surface area contributed by atoms with Crippen molar-refractivity contribution in [2.45, 2.75) is 0 Å². The maximum atomic E-state index is 9.40. The number of hydrogen-bond donors (Lipinski definition) is 1. The summed E-state index contributed by atoms with van der Waals surface area (Å²) in [6, 6.07) is 30.7. The van der Waals surface area contributed by atoms with E-state index in [1.54, 1.807) is 12.1 Å². The Labute approximate surface area is 135 Å². The number of phenolic OH excluding ortho intramolecular Hbond substituents is 1. The zero-order valence-corrected chi connectivity index (χ0v) is 12.6. The molecule has 0 heterocycles. The molecule has 0 saturated carbocycles. The van der Waals surface area contributed by atoms with Crippen molar-refractivity contribution >= 4 is 10.8 Å². The van der Waals surface area contributed by atoms with Crippen LogP contribution in [0.1, 0.15) is 0 Å². The molecule has 1 N–H and O–H groups in total. The van der Waals surface area contributed by atoms with Gasteiger partial charge in [0.05, 0.1) is 0 Å². The molecule has 4 aromatic rings. The van der Waals surface area contributed by atoms with Gasteiger partial charge in [-0.3, -0.25) is 0 Å². The van der Waals surface area contributed by atoms with Crippen LogP contribution in [-0.4, -0.2) is 5.11 Å². The third-order valence-corrected chi connectivity index (χ3v) is 4.19. The van der Waals surface area contributed by atoms with Crippen molar-refractivity contribution in [1.29, 1.82) is 0 Å². The van der Waals surface area contributed by atoms with Crippen LogP contribution in [0.4, 0.5) is 0 Å². The molecule has 23 heavy (non-hydrogen) atoms. The van der Waals surface area contributed by atoms with Crippen LogP contribution >= 0.6 is 0 Å². The summed E-state index contributed by atoms with van der Waals surface area (Å²) in [5.41, 5.74) is 4.71. The summed E-state index contributed by atoms with van der Waals surface area (Å²) in [4.78, 5) is 0. The van der Waals surface area contributed by atoms with Crippen molar-refractivity contribution in [3.05, 3.63) is 91.0 Å². The first kappa shape index (κ1) is 13.6. The zero-order valence-electron chi connectivity index (χ0n) is 12.6. The SMILES string of the molecule is Oc1ccc(-c2ccc(-c3cccc4ccccc34)cc2)cc1. The fraction of sp³-hybridized carbons (Fsp3) is 0. The van der Waals surface area contributed by atoms with Gasteiger partial charge < -0.3 is 5.11 Å². The molecule has 0 radical (unpaired) electrons. The average molecular weight is 296 g/mol. The molecular weight excluding hydrogens is 280 g/mol. The van der Waals surface area contributed by atoms with E-state index in [0.717, 1.165) is 11.1 Å². The van der Waals surface area contributed by atoms with Gasteiger partial charge in [0, 0.05) is 0 Å². The number of aromatic hydroxyl groups is 1. The fourth-order valence-electron chi connectivity index (χ4n) is 2.97. The number of phenols is 1. The molecule has 0 unspecified atom stereocenters. The minimum atomic E-state index is 0.293. The number of fused-ring (bicyclic) bond motifs is 1. The van der Waals surface area contributed by atoms with Gasteiger partial charge in [-0.05, 0) is 45.2 Å². The second kappa shape index (κ2) is 5.62. The van der Waals surface area contributed by atoms with E-state index >= 15 is 0 Å². The quantitative estimate of drug-likeness (QED) is 0.490. The minimum absolute atomic E-state index is 0.293. The zero-order chi connectivity index (χ0) is 15.6. The van der Waals surface area contributed by atoms with Crippen LogP contribution in [0.3, 0.4) is 0 Å². The number of rotatable bonds is 2. The Bertz CT molecular complexity index is 946. The normalized spacial score (nSPS) is 10.8. The van der Waals surface area contributed by atoms with Crippen LogP contribution in [0.5, 0.6) is 5.75 Å². The molecule has 0 amide bonds. The van der Waals surface area contributed by atoms with Crippen molar-refractivity contribution in [2.24, 2.45) is 0 Å². The predicted octanol–water partition coefficient (Wildman–Crippen LogP) is 5.88. The van der Waals surface area contributed by atoms with Crippen LogP contribution in [-0.2, 0) is 0 Å². The monoisotopic (exact) mass is 296 g/mol. The Hall–Kier alpha value is -3.06. The Morgan fingerprint density at radius 1 is 0.478 bits per heavy atom. The molecule has 4 aromatic carbocycles. The summed E-state index contributed by atoms with van der Waals surface area (Å²) in [7, 11) is 0. The largest absolute Gasteiger partial charge is 0.508 e. The van der Waals surface area contributed by atoms with Crippen LogP contribution in [0.25, 0.3) is 33.0 Å². The highest BCUT2D eigenvalue weighted by molar-refractivity contribution is 5.96. The van der Waals surface area contributed by atoms with Crippen LogP contribution in [0, 0.1) is 0 Å². The lowest BCUT2D eigenvalue weighted by Gasteiger charge is -2.08. The van der Waals surface area contributed by atoms with Gasteiger partial charge in [-0.25, -0.2) is 0 Å². The molecular formula is C22H16O. The van der Waals surface area contributed by atoms with Gasteiger partial charge in [-0.2, -0.15) is 0 Å². The first-order chi connectivity index (χ1) is 11.3. The van der Waals surface area contributed by atoms with E-state index in [4.69, 9.17) is 0 Å². The first-order valence-corrected chi connectivity index (χ1v) is 7.69. The van der Waals surface area contributed by atoms with Crippen LogP contribution < -0.4 is 0 Å². The molecule has 0 aliphatic heterocycles. The Balaban J connectivity index is 1.77. The standard InChI is InChI=1S/C22H16O/c23-20-14-12-17(13-15-20)16-8-10-19(11-9-16)22-7-3-5-18-4-1-2-6-21(18)22/h1-15,23H. The molecule has 110 valence electrons. The molecule has 0 bridgehead atoms. The summed E-state index contributed by atoms with van der Waals surface area (Å²) in [5.74, 6) is 0.293. The number of hydrogen-bond acceptors (Lipinski definition) is 1. The summed E-state index contributed by atoms with van der Waals surface area (Å²) in [6.07, 6.45) is 0. The molecule has 0 saturated heterocycles. The van der Waals surface area contributed by atoms with Gasteiger partial charge in [0.15, 0.2) is 0 Å². The molecule has 1 nitrogen and oxygen atoms in total. The van der Waals surface area contributed by atoms with E-state index in [9.17, 15) is 5.11 Å². The molecule has 1 heteroatoms. The van der Waals surface area contributed by atoms with E-state index in [1.165, 1.54) is 21.9 Å². The van der Waals surface area contributed by atoms with Crippen molar-refractivity contribution in [3.63, 3.8) is 0 Å². The maximum Gasteiger partial charge on any atom is 0.115 e. The number of benzene rings is 4. The predicted molar refractivity (Wildman–Crippen MR) is 96.5 cm³/mol. The van der Waals surface area contributed by atoms with Gasteiger partial charge >= 0.3 is 0 Å². The smallest absolute Gasteiger partial charge is 0.115 e. The van der Waals surface area contributed by atoms with E-state index < -0.39 is 0 Å². The molecule has 0 aliphatic carbocycles. The third kappa shape index (κ3) is 2.58. The summed E-state index contributed by atoms with van der Waals surface area (Å²) >= 11 is 0. The van der Waals surface area contributed by atoms with Gasteiger partial charge in [-0.15, -0.1) is 0 Å². The van der Waals surface area contributed by atoms with E-state index in [1.807, 2.05) is 12.1 Å². The Morgan fingerprint density at radius 2 is 1.04 bits per heavy atom. The second-order valence-corrected chi connectivity index (χ2v) is 5.65. The highest BCUT2D eigenvalue weighted by Gasteiger charge is 2.04. The third-order valence-electron chi connectivity index (χ3n) is 4.19. The maximum absolute atomic E-state index is 9.40. The van der Waals surface area contributed by atoms with Crippen LogP contribution in [0.15, 0.2) is 91.0 Å². The minimum Gasteiger partial charge on any atom is -0.508 e. The molecule has 0 fully saturated rings. The lowest BCUT2D eigenvalue weighted by molar-refractivity contribution is 0.475. The van der Waals surface area contributed by atoms with E-state index in [2.05, 4.69) is 66.7 Å². The lowest BCUT2D eigenvalue weighted by Crippen LogP contribution is -1.82. The van der Waals surface area contributed by atoms with E-state index in [-0.39, 0.29) is 0 Å². The Kier molecular flexibility index (Phi) is 3.32. The molecule has 0 atom stereocenters. The topological polar surface area (TPSA) is 20.2 Å². The average Bonchev–Trinajstić information content (AvgIpc) is 2.62. The molecule has 0 aliphatic rings. The molecule has 0 aromatic heterocycles. The van der Waals surface area contributed by atoms with Crippen LogP contribution in [0.2, 0.25) is 0 Å². The van der Waals surface area contributed by atoms with E-state index in [0.29, 0.717) is 5.75 Å². The molecule has 4 rings (SSSR count). The fourth-order valence-corrected chi connectivity index (χ4v) is 2.97. The highest BCUT2D eigenvalue weighted by atomic mass is 16.3. The van der Waals surface area contributed by atoms with Crippen molar-refractivity contribution in [3.8, 4) is 28.0 Å². The van der Waals surface area contributed by atoms with Crippen molar-refractivity contribution < 1.29 is 5.11 Å². The van der Waals surface area contributed by atoms with Gasteiger partial charge in [0.2, 0.25) is 0 Å². The Morgan fingerprint density at radius 3 is 1.78 bits per heavy atom. The highest BCUT2D eigenvalue weighted by Crippen LogP contribution is 2.30. The van der Waals surface area contributed by atoms with Gasteiger partial charge in [0.25, 0.3) is 0 Å². The van der Waals surface area contributed by atoms with Crippen molar-refractivity contribution in [1.82, 2.24) is 0 Å². The summed E-state index contributed by atoms with van der Waals surface area (Å²) in [5, 5.41) is 11.9. The summed E-state index contributed by atoms with van der Waals surface area (Å²) in [6.45, 7) is 0. The first-order valence-electron chi connectivity index (χ1n) is 7.69. The summed E-state index contributed by atoms with van der Waals surface area (Å²) < 4.78 is 0.